The zero-order chi connectivity index (χ0) is 12.1. The minimum Gasteiger partial charge on any atom is -0.508 e. The molecule has 5 heteroatoms. The number of aromatic hydroxyl groups is 1. The van der Waals surface area contributed by atoms with Gasteiger partial charge >= 0.3 is 0 Å². The van der Waals surface area contributed by atoms with Gasteiger partial charge < -0.3 is 20.1 Å². The molecule has 0 radical (unpaired) electrons. The molecule has 2 atom stereocenters. The Labute approximate surface area is 103 Å². The summed E-state index contributed by atoms with van der Waals surface area (Å²) in [5.41, 5.74) is 0.384. The average molecular weight is 291 g/mol. The standard InChI is InChI=1S/C11H15BrO4/c1-16-10(4-5-13)11(15)8-6-7(12)2-3-9(8)14/h2-3,6,10-11,13-15H,4-5H2,1H3/t10-,11-/m1/s1. The zero-order valence-electron chi connectivity index (χ0n) is 8.93. The van der Waals surface area contributed by atoms with Crippen LogP contribution in [0.1, 0.15) is 18.1 Å². The quantitative estimate of drug-likeness (QED) is 0.770. The second-order valence-corrected chi connectivity index (χ2v) is 4.35. The first-order valence-electron chi connectivity index (χ1n) is 4.90. The van der Waals surface area contributed by atoms with E-state index in [1.807, 2.05) is 0 Å². The molecular formula is C11H15BrO4. The van der Waals surface area contributed by atoms with Crippen molar-refractivity contribution in [2.24, 2.45) is 0 Å². The molecule has 0 fully saturated rings. The van der Waals surface area contributed by atoms with Gasteiger partial charge in [-0.15, -0.1) is 0 Å². The molecular weight excluding hydrogens is 276 g/mol. The summed E-state index contributed by atoms with van der Waals surface area (Å²) < 4.78 is 5.83. The van der Waals surface area contributed by atoms with Gasteiger partial charge in [0.1, 0.15) is 11.9 Å². The van der Waals surface area contributed by atoms with Gasteiger partial charge in [0.2, 0.25) is 0 Å². The lowest BCUT2D eigenvalue weighted by molar-refractivity contribution is -0.0262. The van der Waals surface area contributed by atoms with E-state index in [9.17, 15) is 10.2 Å². The summed E-state index contributed by atoms with van der Waals surface area (Å²) in [6, 6.07) is 4.80. The number of ether oxygens (including phenoxy) is 1. The molecule has 0 aliphatic carbocycles. The molecule has 3 N–H and O–H groups in total. The number of phenolic OH excluding ortho intramolecular Hbond substituents is 1. The Hall–Kier alpha value is -0.620. The Bertz CT molecular complexity index is 343. The van der Waals surface area contributed by atoms with Crippen LogP contribution in [0, 0.1) is 0 Å². The number of hydrogen-bond donors (Lipinski definition) is 3. The Morgan fingerprint density at radius 2 is 2.12 bits per heavy atom. The summed E-state index contributed by atoms with van der Waals surface area (Å²) in [4.78, 5) is 0. The van der Waals surface area contributed by atoms with E-state index in [1.54, 1.807) is 12.1 Å². The van der Waals surface area contributed by atoms with Crippen LogP contribution in [0.2, 0.25) is 0 Å². The number of methoxy groups -OCH3 is 1. The van der Waals surface area contributed by atoms with E-state index in [0.29, 0.717) is 12.0 Å². The Kier molecular flexibility index (Phi) is 5.21. The zero-order valence-corrected chi connectivity index (χ0v) is 10.5. The summed E-state index contributed by atoms with van der Waals surface area (Å²) in [7, 11) is 1.46. The van der Waals surface area contributed by atoms with E-state index in [1.165, 1.54) is 13.2 Å². The lowest BCUT2D eigenvalue weighted by atomic mass is 10.0. The van der Waals surface area contributed by atoms with Gasteiger partial charge in [-0.1, -0.05) is 15.9 Å². The fourth-order valence-electron chi connectivity index (χ4n) is 1.49. The van der Waals surface area contributed by atoms with Gasteiger partial charge in [0.25, 0.3) is 0 Å². The van der Waals surface area contributed by atoms with E-state index in [2.05, 4.69) is 15.9 Å². The maximum absolute atomic E-state index is 10.00. The van der Waals surface area contributed by atoms with Crippen LogP contribution in [-0.2, 0) is 4.74 Å². The highest BCUT2D eigenvalue weighted by molar-refractivity contribution is 9.10. The molecule has 4 nitrogen and oxygen atoms in total. The molecule has 1 aromatic rings. The number of hydrogen-bond acceptors (Lipinski definition) is 4. The summed E-state index contributed by atoms with van der Waals surface area (Å²) in [5.74, 6) is 0.00990. The Balaban J connectivity index is 2.93. The van der Waals surface area contributed by atoms with Crippen molar-refractivity contribution < 1.29 is 20.1 Å². The first-order valence-corrected chi connectivity index (χ1v) is 5.69. The smallest absolute Gasteiger partial charge is 0.121 e. The molecule has 0 heterocycles. The molecule has 0 bridgehead atoms. The molecule has 16 heavy (non-hydrogen) atoms. The fraction of sp³-hybridized carbons (Fsp3) is 0.455. The number of benzene rings is 1. The van der Waals surface area contributed by atoms with Crippen LogP contribution in [0.3, 0.4) is 0 Å². The van der Waals surface area contributed by atoms with E-state index >= 15 is 0 Å². The van der Waals surface area contributed by atoms with Gasteiger partial charge in [-0.05, 0) is 24.6 Å². The van der Waals surface area contributed by atoms with Gasteiger partial charge in [-0.2, -0.15) is 0 Å². The van der Waals surface area contributed by atoms with Crippen LogP contribution in [0.5, 0.6) is 5.75 Å². The summed E-state index contributed by atoms with van der Waals surface area (Å²) >= 11 is 3.26. The topological polar surface area (TPSA) is 69.9 Å². The summed E-state index contributed by atoms with van der Waals surface area (Å²) in [6.07, 6.45) is -1.19. The van der Waals surface area contributed by atoms with E-state index in [-0.39, 0.29) is 12.4 Å². The molecule has 90 valence electrons. The maximum Gasteiger partial charge on any atom is 0.121 e. The van der Waals surface area contributed by atoms with Crippen molar-refractivity contribution in [1.29, 1.82) is 0 Å². The first-order chi connectivity index (χ1) is 7.60. The van der Waals surface area contributed by atoms with Gasteiger partial charge in [0.05, 0.1) is 6.10 Å². The number of halogens is 1. The van der Waals surface area contributed by atoms with Crippen molar-refractivity contribution in [2.45, 2.75) is 18.6 Å². The van der Waals surface area contributed by atoms with Crippen molar-refractivity contribution in [3.05, 3.63) is 28.2 Å². The predicted molar refractivity (Wildman–Crippen MR) is 63.3 cm³/mol. The van der Waals surface area contributed by atoms with Crippen LogP contribution in [0.4, 0.5) is 0 Å². The molecule has 0 unspecified atom stereocenters. The number of rotatable bonds is 5. The molecule has 1 rings (SSSR count). The van der Waals surface area contributed by atoms with E-state index in [0.717, 1.165) is 4.47 Å². The monoisotopic (exact) mass is 290 g/mol. The molecule has 1 aromatic carbocycles. The van der Waals surface area contributed by atoms with Gasteiger partial charge in [-0.25, -0.2) is 0 Å². The Morgan fingerprint density at radius 3 is 2.69 bits per heavy atom. The normalized spacial score (nSPS) is 14.8. The molecule has 0 aromatic heterocycles. The van der Waals surface area contributed by atoms with Crippen LogP contribution in [0.15, 0.2) is 22.7 Å². The van der Waals surface area contributed by atoms with Gasteiger partial charge in [0.15, 0.2) is 0 Å². The highest BCUT2D eigenvalue weighted by Crippen LogP contribution is 2.31. The largest absolute Gasteiger partial charge is 0.508 e. The van der Waals surface area contributed by atoms with Crippen molar-refractivity contribution in [2.75, 3.05) is 13.7 Å². The van der Waals surface area contributed by atoms with Crippen molar-refractivity contribution in [1.82, 2.24) is 0 Å². The maximum atomic E-state index is 10.00. The minimum atomic E-state index is -0.963. The van der Waals surface area contributed by atoms with Crippen molar-refractivity contribution >= 4 is 15.9 Å². The van der Waals surface area contributed by atoms with Crippen LogP contribution in [0.25, 0.3) is 0 Å². The molecule has 0 aliphatic rings. The third-order valence-corrected chi connectivity index (χ3v) is 2.87. The predicted octanol–water partition coefficient (Wildman–Crippen LogP) is 1.59. The fourth-order valence-corrected chi connectivity index (χ4v) is 1.87. The third kappa shape index (κ3) is 3.18. The van der Waals surface area contributed by atoms with E-state index in [4.69, 9.17) is 9.84 Å². The summed E-state index contributed by atoms with van der Waals surface area (Å²) in [5, 5.41) is 28.4. The number of phenols is 1. The summed E-state index contributed by atoms with van der Waals surface area (Å²) in [6.45, 7) is -0.0790. The first kappa shape index (κ1) is 13.4. The van der Waals surface area contributed by atoms with Gasteiger partial charge in [0, 0.05) is 23.8 Å². The van der Waals surface area contributed by atoms with Gasteiger partial charge in [-0.3, -0.25) is 0 Å². The molecule has 0 saturated carbocycles. The van der Waals surface area contributed by atoms with Crippen LogP contribution < -0.4 is 0 Å². The average Bonchev–Trinajstić information content (AvgIpc) is 2.28. The molecule has 0 aliphatic heterocycles. The van der Waals surface area contributed by atoms with Crippen LogP contribution >= 0.6 is 15.9 Å². The highest BCUT2D eigenvalue weighted by Gasteiger charge is 2.22. The van der Waals surface area contributed by atoms with Crippen molar-refractivity contribution in [3.8, 4) is 5.75 Å². The van der Waals surface area contributed by atoms with Crippen molar-refractivity contribution in [3.63, 3.8) is 0 Å². The Morgan fingerprint density at radius 1 is 1.44 bits per heavy atom. The lowest BCUT2D eigenvalue weighted by Crippen LogP contribution is -2.22. The number of aliphatic hydroxyl groups excluding tert-OH is 2. The highest BCUT2D eigenvalue weighted by atomic mass is 79.9. The SMILES string of the molecule is CO[C@H](CCO)[C@H](O)c1cc(Br)ccc1O. The third-order valence-electron chi connectivity index (χ3n) is 2.38. The van der Waals surface area contributed by atoms with E-state index < -0.39 is 12.2 Å². The second kappa shape index (κ2) is 6.20. The molecule has 0 spiro atoms. The van der Waals surface area contributed by atoms with Crippen LogP contribution in [-0.4, -0.2) is 35.1 Å². The second-order valence-electron chi connectivity index (χ2n) is 3.43. The minimum absolute atomic E-state index is 0.00990. The molecule has 0 amide bonds. The molecule has 0 saturated heterocycles. The lowest BCUT2D eigenvalue weighted by Gasteiger charge is -2.22. The number of aliphatic hydroxyl groups is 2.